The van der Waals surface area contributed by atoms with E-state index in [2.05, 4.69) is 20.5 Å². The Hall–Kier alpha value is -1.96. The summed E-state index contributed by atoms with van der Waals surface area (Å²) in [5.74, 6) is 1.40. The van der Waals surface area contributed by atoms with Crippen LogP contribution in [0.15, 0.2) is 18.3 Å². The lowest BCUT2D eigenvalue weighted by Crippen LogP contribution is -2.46. The van der Waals surface area contributed by atoms with Crippen LogP contribution in [0.25, 0.3) is 0 Å². The second kappa shape index (κ2) is 8.61. The number of aromatic nitrogens is 1. The van der Waals surface area contributed by atoms with Crippen LogP contribution in [0.2, 0.25) is 0 Å². The van der Waals surface area contributed by atoms with Gasteiger partial charge in [-0.05, 0) is 43.4 Å². The maximum absolute atomic E-state index is 12.3. The Morgan fingerprint density at radius 2 is 2.13 bits per heavy atom. The second-order valence-corrected chi connectivity index (χ2v) is 6.42. The number of carbonyl (C=O) groups is 2. The Kier molecular flexibility index (Phi) is 6.52. The van der Waals surface area contributed by atoms with E-state index >= 15 is 0 Å². The molecule has 1 aliphatic rings. The molecule has 23 heavy (non-hydrogen) atoms. The minimum absolute atomic E-state index is 0.284. The molecule has 0 bridgehead atoms. The van der Waals surface area contributed by atoms with Crippen molar-refractivity contribution in [1.29, 1.82) is 0 Å². The normalized spacial score (nSPS) is 15.3. The number of nitrogens with one attached hydrogen (secondary N) is 2. The number of hydrogen-bond acceptors (Lipinski definition) is 5. The Balaban J connectivity index is 1.95. The summed E-state index contributed by atoms with van der Waals surface area (Å²) >= 11 is 1.61. The molecule has 1 atom stereocenters. The highest BCUT2D eigenvalue weighted by molar-refractivity contribution is 7.98. The molecule has 7 nitrogen and oxygen atoms in total. The van der Waals surface area contributed by atoms with Crippen LogP contribution in [-0.4, -0.2) is 48.1 Å². The monoisotopic (exact) mass is 337 g/mol. The summed E-state index contributed by atoms with van der Waals surface area (Å²) in [5.41, 5.74) is 5.74. The van der Waals surface area contributed by atoms with Crippen molar-refractivity contribution in [3.63, 3.8) is 0 Å². The summed E-state index contributed by atoms with van der Waals surface area (Å²) in [6.45, 7) is 2.05. The number of primary amides is 1. The van der Waals surface area contributed by atoms with Crippen molar-refractivity contribution >= 4 is 35.2 Å². The molecule has 0 saturated carbocycles. The first-order valence-corrected chi connectivity index (χ1v) is 9.06. The molecular weight excluding hydrogens is 314 g/mol. The topological polar surface area (TPSA) is 100 Å². The minimum Gasteiger partial charge on any atom is -0.357 e. The minimum atomic E-state index is -0.700. The third kappa shape index (κ3) is 5.31. The molecule has 0 aromatic carbocycles. The van der Waals surface area contributed by atoms with Crippen molar-refractivity contribution in [2.75, 3.05) is 35.3 Å². The van der Waals surface area contributed by atoms with Crippen LogP contribution in [0.3, 0.4) is 0 Å². The molecule has 1 aliphatic heterocycles. The van der Waals surface area contributed by atoms with Gasteiger partial charge in [-0.2, -0.15) is 11.8 Å². The number of nitrogens with zero attached hydrogens (tertiary/aromatic N) is 2. The molecule has 0 spiro atoms. The number of amides is 3. The van der Waals surface area contributed by atoms with E-state index in [4.69, 9.17) is 5.73 Å². The lowest BCUT2D eigenvalue weighted by Gasteiger charge is -2.18. The van der Waals surface area contributed by atoms with Gasteiger partial charge < -0.3 is 21.3 Å². The summed E-state index contributed by atoms with van der Waals surface area (Å²) in [5, 5.41) is 5.25. The molecule has 8 heteroatoms. The van der Waals surface area contributed by atoms with Crippen LogP contribution < -0.4 is 21.3 Å². The Morgan fingerprint density at radius 1 is 1.39 bits per heavy atom. The van der Waals surface area contributed by atoms with Crippen LogP contribution >= 0.6 is 11.8 Å². The number of urea groups is 1. The molecule has 3 amide bonds. The average molecular weight is 337 g/mol. The fourth-order valence-corrected chi connectivity index (χ4v) is 2.97. The standard InChI is InChI=1S/C15H23N5O2S/c1-23-9-6-12(19-15(16)22)14(21)18-11-4-5-13(17-10-11)20-7-2-3-8-20/h4-5,10,12H,2-3,6-9H2,1H3,(H,18,21)(H3,16,19,22). The van der Waals surface area contributed by atoms with E-state index in [1.807, 2.05) is 18.4 Å². The number of carbonyl (C=O) groups excluding carboxylic acids is 2. The fourth-order valence-electron chi connectivity index (χ4n) is 2.50. The number of hydrogen-bond donors (Lipinski definition) is 3. The summed E-state index contributed by atoms with van der Waals surface area (Å²) in [6, 6.07) is 2.39. The molecule has 126 valence electrons. The van der Waals surface area contributed by atoms with Crippen molar-refractivity contribution < 1.29 is 9.59 Å². The van der Waals surface area contributed by atoms with Crippen LogP contribution in [0, 0.1) is 0 Å². The van der Waals surface area contributed by atoms with Gasteiger partial charge in [0.25, 0.3) is 0 Å². The van der Waals surface area contributed by atoms with Crippen molar-refractivity contribution in [2.24, 2.45) is 5.73 Å². The molecule has 1 fully saturated rings. The van der Waals surface area contributed by atoms with Crippen LogP contribution in [0.5, 0.6) is 0 Å². The first-order chi connectivity index (χ1) is 11.1. The van der Waals surface area contributed by atoms with Crippen molar-refractivity contribution in [1.82, 2.24) is 10.3 Å². The number of thioether (sulfide) groups is 1. The first kappa shape index (κ1) is 17.4. The van der Waals surface area contributed by atoms with Gasteiger partial charge >= 0.3 is 6.03 Å². The zero-order valence-electron chi connectivity index (χ0n) is 13.2. The van der Waals surface area contributed by atoms with E-state index in [0.29, 0.717) is 12.1 Å². The molecule has 2 rings (SSSR count). The van der Waals surface area contributed by atoms with E-state index in [0.717, 1.165) is 24.7 Å². The lowest BCUT2D eigenvalue weighted by molar-refractivity contribution is -0.117. The molecule has 0 radical (unpaired) electrons. The second-order valence-electron chi connectivity index (χ2n) is 5.43. The summed E-state index contributed by atoms with van der Waals surface area (Å²) in [4.78, 5) is 29.9. The Morgan fingerprint density at radius 3 is 2.70 bits per heavy atom. The molecule has 1 aromatic heterocycles. The van der Waals surface area contributed by atoms with E-state index in [9.17, 15) is 9.59 Å². The smallest absolute Gasteiger partial charge is 0.312 e. The van der Waals surface area contributed by atoms with Gasteiger partial charge in [0.2, 0.25) is 5.91 Å². The molecule has 1 saturated heterocycles. The lowest BCUT2D eigenvalue weighted by atomic mass is 10.2. The van der Waals surface area contributed by atoms with Crippen molar-refractivity contribution in [3.8, 4) is 0 Å². The number of pyridine rings is 1. The quantitative estimate of drug-likeness (QED) is 0.698. The molecule has 1 unspecified atom stereocenters. The fraction of sp³-hybridized carbons (Fsp3) is 0.533. The molecule has 4 N–H and O–H groups in total. The third-order valence-corrected chi connectivity index (χ3v) is 4.33. The predicted octanol–water partition coefficient (Wildman–Crippen LogP) is 1.41. The van der Waals surface area contributed by atoms with Crippen LogP contribution in [0.1, 0.15) is 19.3 Å². The largest absolute Gasteiger partial charge is 0.357 e. The van der Waals surface area contributed by atoms with Gasteiger partial charge in [0.05, 0.1) is 11.9 Å². The van der Waals surface area contributed by atoms with E-state index in [1.54, 1.807) is 18.0 Å². The van der Waals surface area contributed by atoms with E-state index in [-0.39, 0.29) is 5.91 Å². The van der Waals surface area contributed by atoms with Gasteiger partial charge in [-0.3, -0.25) is 4.79 Å². The van der Waals surface area contributed by atoms with Crippen molar-refractivity contribution in [2.45, 2.75) is 25.3 Å². The van der Waals surface area contributed by atoms with Crippen LogP contribution in [-0.2, 0) is 4.79 Å². The van der Waals surface area contributed by atoms with Crippen molar-refractivity contribution in [3.05, 3.63) is 18.3 Å². The average Bonchev–Trinajstić information content (AvgIpc) is 3.06. The maximum Gasteiger partial charge on any atom is 0.312 e. The zero-order valence-corrected chi connectivity index (χ0v) is 14.1. The third-order valence-electron chi connectivity index (χ3n) is 3.69. The van der Waals surface area contributed by atoms with Gasteiger partial charge in [-0.25, -0.2) is 9.78 Å². The number of anilines is 2. The summed E-state index contributed by atoms with van der Waals surface area (Å²) in [7, 11) is 0. The summed E-state index contributed by atoms with van der Waals surface area (Å²) in [6.07, 6.45) is 6.49. The van der Waals surface area contributed by atoms with Gasteiger partial charge in [0, 0.05) is 13.1 Å². The number of nitrogens with two attached hydrogens (primary N) is 1. The van der Waals surface area contributed by atoms with E-state index < -0.39 is 12.1 Å². The zero-order chi connectivity index (χ0) is 16.7. The van der Waals surface area contributed by atoms with E-state index in [1.165, 1.54) is 12.8 Å². The SMILES string of the molecule is CSCCC(NC(N)=O)C(=O)Nc1ccc(N2CCCC2)nc1. The summed E-state index contributed by atoms with van der Waals surface area (Å²) < 4.78 is 0. The molecule has 0 aliphatic carbocycles. The maximum atomic E-state index is 12.3. The van der Waals surface area contributed by atoms with Gasteiger partial charge in [0.15, 0.2) is 0 Å². The van der Waals surface area contributed by atoms with Gasteiger partial charge in [0.1, 0.15) is 11.9 Å². The molecule has 2 heterocycles. The predicted molar refractivity (Wildman–Crippen MR) is 93.8 cm³/mol. The highest BCUT2D eigenvalue weighted by Crippen LogP contribution is 2.19. The first-order valence-electron chi connectivity index (χ1n) is 7.67. The van der Waals surface area contributed by atoms with Crippen LogP contribution in [0.4, 0.5) is 16.3 Å². The highest BCUT2D eigenvalue weighted by Gasteiger charge is 2.20. The molecule has 1 aromatic rings. The number of rotatable bonds is 7. The molecular formula is C15H23N5O2S. The van der Waals surface area contributed by atoms with Gasteiger partial charge in [-0.15, -0.1) is 0 Å². The highest BCUT2D eigenvalue weighted by atomic mass is 32.2. The Labute approximate surface area is 140 Å². The Bertz CT molecular complexity index is 531. The van der Waals surface area contributed by atoms with Gasteiger partial charge in [-0.1, -0.05) is 0 Å².